The Balaban J connectivity index is 2.32. The zero-order chi connectivity index (χ0) is 13.3. The van der Waals surface area contributed by atoms with Gasteiger partial charge in [-0.05, 0) is 47.0 Å². The molecule has 0 aliphatic carbocycles. The van der Waals surface area contributed by atoms with Crippen LogP contribution in [0.3, 0.4) is 0 Å². The number of piperidine rings is 1. The van der Waals surface area contributed by atoms with Crippen LogP contribution in [0.15, 0.2) is 27.6 Å². The predicted octanol–water partition coefficient (Wildman–Crippen LogP) is 1.70. The summed E-state index contributed by atoms with van der Waals surface area (Å²) in [6, 6.07) is 3.67. The molecule has 0 bridgehead atoms. The molecule has 1 unspecified atom stereocenters. The highest BCUT2D eigenvalue weighted by Gasteiger charge is 2.29. The highest BCUT2D eigenvalue weighted by molar-refractivity contribution is 9.10. The maximum Gasteiger partial charge on any atom is 0.243 e. The van der Waals surface area contributed by atoms with E-state index >= 15 is 0 Å². The third-order valence-electron chi connectivity index (χ3n) is 2.95. The molecule has 0 spiro atoms. The number of hydrogen-bond donors (Lipinski definition) is 1. The van der Waals surface area contributed by atoms with Crippen LogP contribution in [0.1, 0.15) is 12.8 Å². The van der Waals surface area contributed by atoms with Gasteiger partial charge in [0.05, 0.1) is 9.37 Å². The third kappa shape index (κ3) is 2.74. The molecule has 1 fully saturated rings. The summed E-state index contributed by atoms with van der Waals surface area (Å²) in [5, 5.41) is 0. The van der Waals surface area contributed by atoms with Crippen molar-refractivity contribution >= 4 is 26.0 Å². The molecule has 100 valence electrons. The number of halogens is 2. The van der Waals surface area contributed by atoms with Gasteiger partial charge >= 0.3 is 0 Å². The van der Waals surface area contributed by atoms with Crippen molar-refractivity contribution in [3.8, 4) is 0 Å². The van der Waals surface area contributed by atoms with Crippen molar-refractivity contribution in [2.75, 3.05) is 13.1 Å². The predicted molar refractivity (Wildman–Crippen MR) is 70.1 cm³/mol. The normalized spacial score (nSPS) is 22.1. The number of hydrogen-bond acceptors (Lipinski definition) is 3. The highest BCUT2D eigenvalue weighted by atomic mass is 79.9. The summed E-state index contributed by atoms with van der Waals surface area (Å²) in [5.74, 6) is -0.586. The molecule has 0 radical (unpaired) electrons. The Bertz CT molecular complexity index is 550. The zero-order valence-electron chi connectivity index (χ0n) is 9.64. The van der Waals surface area contributed by atoms with Gasteiger partial charge in [-0.1, -0.05) is 0 Å². The van der Waals surface area contributed by atoms with E-state index in [1.54, 1.807) is 0 Å². The Morgan fingerprint density at radius 1 is 1.44 bits per heavy atom. The number of sulfonamides is 1. The van der Waals surface area contributed by atoms with E-state index in [9.17, 15) is 12.8 Å². The van der Waals surface area contributed by atoms with Crippen LogP contribution < -0.4 is 5.73 Å². The van der Waals surface area contributed by atoms with E-state index in [1.807, 2.05) is 0 Å². The monoisotopic (exact) mass is 336 g/mol. The minimum atomic E-state index is -3.64. The number of benzene rings is 1. The first kappa shape index (κ1) is 13.9. The van der Waals surface area contributed by atoms with Crippen molar-refractivity contribution in [1.29, 1.82) is 0 Å². The molecule has 18 heavy (non-hydrogen) atoms. The molecule has 1 aromatic carbocycles. The topological polar surface area (TPSA) is 63.4 Å². The number of nitrogens with two attached hydrogens (primary N) is 1. The van der Waals surface area contributed by atoms with E-state index in [4.69, 9.17) is 5.73 Å². The Kier molecular flexibility index (Phi) is 4.05. The minimum absolute atomic E-state index is 0.0303. The van der Waals surface area contributed by atoms with Gasteiger partial charge in [0.15, 0.2) is 0 Å². The summed E-state index contributed by atoms with van der Waals surface area (Å²) in [5.41, 5.74) is 5.77. The molecule has 2 N–H and O–H groups in total. The molecule has 0 saturated carbocycles. The summed E-state index contributed by atoms with van der Waals surface area (Å²) < 4.78 is 39.5. The lowest BCUT2D eigenvalue weighted by molar-refractivity contribution is 0.316. The van der Waals surface area contributed by atoms with Crippen molar-refractivity contribution in [3.05, 3.63) is 28.5 Å². The number of nitrogens with zero attached hydrogens (tertiary/aromatic N) is 1. The van der Waals surface area contributed by atoms with E-state index < -0.39 is 15.8 Å². The van der Waals surface area contributed by atoms with Gasteiger partial charge in [-0.15, -0.1) is 0 Å². The third-order valence-corrected chi connectivity index (χ3v) is 5.45. The molecule has 1 aliphatic heterocycles. The maximum absolute atomic E-state index is 13.4. The Hall–Kier alpha value is -0.500. The molecule has 0 amide bonds. The van der Waals surface area contributed by atoms with Crippen LogP contribution in [0, 0.1) is 5.82 Å². The van der Waals surface area contributed by atoms with E-state index in [1.165, 1.54) is 16.4 Å². The van der Waals surface area contributed by atoms with Gasteiger partial charge in [-0.2, -0.15) is 4.31 Å². The molecule has 1 aliphatic rings. The van der Waals surface area contributed by atoms with Crippen LogP contribution in [-0.2, 0) is 10.0 Å². The molecular formula is C11H14BrFN2O2S. The van der Waals surface area contributed by atoms with Gasteiger partial charge < -0.3 is 5.73 Å². The van der Waals surface area contributed by atoms with Crippen LogP contribution in [0.4, 0.5) is 4.39 Å². The summed E-state index contributed by atoms with van der Waals surface area (Å²) in [6.45, 7) is 0.730. The molecular weight excluding hydrogens is 323 g/mol. The molecule has 4 nitrogen and oxygen atoms in total. The van der Waals surface area contributed by atoms with E-state index in [2.05, 4.69) is 15.9 Å². The van der Waals surface area contributed by atoms with Gasteiger partial charge in [0.25, 0.3) is 0 Å². The molecule has 7 heteroatoms. The fraction of sp³-hybridized carbons (Fsp3) is 0.455. The second-order valence-electron chi connectivity index (χ2n) is 4.34. The number of rotatable bonds is 2. The second-order valence-corrected chi connectivity index (χ2v) is 7.13. The SMILES string of the molecule is NC1CCCN(S(=O)(=O)c2ccc(Br)c(F)c2)C1. The fourth-order valence-corrected chi connectivity index (χ4v) is 3.77. The Morgan fingerprint density at radius 3 is 2.78 bits per heavy atom. The summed E-state index contributed by atoms with van der Waals surface area (Å²) >= 11 is 3.00. The first-order valence-corrected chi connectivity index (χ1v) is 7.85. The van der Waals surface area contributed by atoms with Gasteiger partial charge in [0, 0.05) is 19.1 Å². The van der Waals surface area contributed by atoms with Crippen molar-refractivity contribution in [3.63, 3.8) is 0 Å². The van der Waals surface area contributed by atoms with Crippen LogP contribution in [0.2, 0.25) is 0 Å². The molecule has 2 rings (SSSR count). The van der Waals surface area contributed by atoms with Crippen molar-refractivity contribution < 1.29 is 12.8 Å². The Morgan fingerprint density at radius 2 is 2.17 bits per heavy atom. The van der Waals surface area contributed by atoms with Crippen molar-refractivity contribution in [2.24, 2.45) is 5.73 Å². The second kappa shape index (κ2) is 5.24. The summed E-state index contributed by atoms with van der Waals surface area (Å²) in [6.07, 6.45) is 1.56. The van der Waals surface area contributed by atoms with Gasteiger partial charge in [0.1, 0.15) is 5.82 Å². The van der Waals surface area contributed by atoms with E-state index in [0.29, 0.717) is 13.1 Å². The molecule has 1 saturated heterocycles. The van der Waals surface area contributed by atoms with Gasteiger partial charge in [-0.3, -0.25) is 0 Å². The molecule has 1 heterocycles. The smallest absolute Gasteiger partial charge is 0.243 e. The van der Waals surface area contributed by atoms with Gasteiger partial charge in [0.2, 0.25) is 10.0 Å². The Labute approximate surface area is 114 Å². The van der Waals surface area contributed by atoms with Crippen LogP contribution >= 0.6 is 15.9 Å². The zero-order valence-corrected chi connectivity index (χ0v) is 12.0. The van der Waals surface area contributed by atoms with Crippen LogP contribution in [0.25, 0.3) is 0 Å². The molecule has 1 atom stereocenters. The standard InChI is InChI=1S/C11H14BrFN2O2S/c12-10-4-3-9(6-11(10)13)18(16,17)15-5-1-2-8(14)7-15/h3-4,6,8H,1-2,5,7,14H2. The lowest BCUT2D eigenvalue weighted by Gasteiger charge is -2.29. The fourth-order valence-electron chi connectivity index (χ4n) is 1.98. The van der Waals surface area contributed by atoms with Crippen molar-refractivity contribution in [2.45, 2.75) is 23.8 Å². The summed E-state index contributed by atoms with van der Waals surface area (Å²) in [4.78, 5) is -0.0303. The van der Waals surface area contributed by atoms with Gasteiger partial charge in [-0.25, -0.2) is 12.8 Å². The van der Waals surface area contributed by atoms with E-state index in [-0.39, 0.29) is 15.4 Å². The average Bonchev–Trinajstić information content (AvgIpc) is 2.32. The molecule has 0 aromatic heterocycles. The van der Waals surface area contributed by atoms with Crippen molar-refractivity contribution in [1.82, 2.24) is 4.31 Å². The minimum Gasteiger partial charge on any atom is -0.327 e. The highest BCUT2D eigenvalue weighted by Crippen LogP contribution is 2.24. The molecule has 1 aromatic rings. The van der Waals surface area contributed by atoms with Crippen LogP contribution in [0.5, 0.6) is 0 Å². The lowest BCUT2D eigenvalue weighted by Crippen LogP contribution is -2.45. The van der Waals surface area contributed by atoms with E-state index in [0.717, 1.165) is 18.9 Å². The first-order valence-electron chi connectivity index (χ1n) is 5.62. The lowest BCUT2D eigenvalue weighted by atomic mass is 10.1. The maximum atomic E-state index is 13.4. The largest absolute Gasteiger partial charge is 0.327 e. The summed E-state index contributed by atoms with van der Waals surface area (Å²) in [7, 11) is -3.64. The quantitative estimate of drug-likeness (QED) is 0.893. The van der Waals surface area contributed by atoms with Crippen LogP contribution in [-0.4, -0.2) is 31.9 Å². The average molecular weight is 337 g/mol. The first-order chi connectivity index (χ1) is 8.41.